The van der Waals surface area contributed by atoms with Crippen molar-refractivity contribution in [3.63, 3.8) is 0 Å². The van der Waals surface area contributed by atoms with Gasteiger partial charge in [-0.3, -0.25) is 23.2 Å². The maximum Gasteiger partial charge on any atom is 0.481 e. The Kier molecular flexibility index (Phi) is 28.7. The van der Waals surface area contributed by atoms with Crippen LogP contribution >= 0.6 is 15.6 Å². The van der Waals surface area contributed by atoms with Gasteiger partial charge in [0.2, 0.25) is 0 Å². The summed E-state index contributed by atoms with van der Waals surface area (Å²) in [7, 11) is -10.8. The van der Waals surface area contributed by atoms with Crippen molar-refractivity contribution in [2.75, 3.05) is 25.6 Å². The third kappa shape index (κ3) is 25.6. The number of carbonyl (C=O) groups is 2. The lowest BCUT2D eigenvalue weighted by molar-refractivity contribution is -0.161. The molecule has 9 atom stereocenters. The highest BCUT2D eigenvalue weighted by atomic mass is 31.3. The molecule has 3 heterocycles. The van der Waals surface area contributed by atoms with Gasteiger partial charge in [-0.05, 0) is 70.3 Å². The molecule has 0 amide bonds. The van der Waals surface area contributed by atoms with Crippen LogP contribution in [0, 0.1) is 0 Å². The molecule has 0 bridgehead atoms. The number of ether oxygens (including phenoxy) is 4. The smallest absolute Gasteiger partial charge is 0.462 e. The predicted molar refractivity (Wildman–Crippen MR) is 251 cm³/mol. The number of rotatable bonds is 39. The summed E-state index contributed by atoms with van der Waals surface area (Å²) < 4.78 is 62.4. The minimum atomic E-state index is -5.43. The Morgan fingerprint density at radius 1 is 0.731 bits per heavy atom. The van der Waals surface area contributed by atoms with Crippen LogP contribution in [-0.2, 0) is 51.0 Å². The van der Waals surface area contributed by atoms with Crippen LogP contribution in [0.15, 0.2) is 41.4 Å². The number of carbonyl (C=O) groups excluding carboxylic acids is 2. The van der Waals surface area contributed by atoms with Crippen LogP contribution in [0.1, 0.15) is 174 Å². The molecule has 2 fully saturated rings. The Morgan fingerprint density at radius 2 is 1.30 bits per heavy atom. The fraction of sp³-hybridized carbons (Fsp3) is 0.783. The molecule has 0 spiro atoms. The van der Waals surface area contributed by atoms with Gasteiger partial charge in [-0.15, -0.1) is 0 Å². The molecule has 19 nitrogen and oxygen atoms in total. The first-order chi connectivity index (χ1) is 32.1. The molecule has 1 aromatic heterocycles. The molecule has 0 aliphatic carbocycles. The van der Waals surface area contributed by atoms with E-state index in [1.54, 1.807) is 0 Å². The zero-order valence-electron chi connectivity index (χ0n) is 39.7. The van der Waals surface area contributed by atoms with E-state index in [4.69, 9.17) is 33.7 Å². The lowest BCUT2D eigenvalue weighted by Crippen LogP contribution is -2.36. The zero-order valence-corrected chi connectivity index (χ0v) is 41.4. The molecule has 2 aliphatic rings. The number of epoxide rings is 1. The standard InChI is InChI=1S/C46H79N3O16P2/c1-3-5-7-8-9-10-11-12-13-14-18-21-25-29-41(50)59-33-36(62-42(51)30-26-22-19-16-15-17-20-24-28-38-37(63-38)27-23-6-4-2)34-60-66(55,56)65-67(57,58)61-35-39-43(52)44(53)45(64-39)49-32-31-40(47)48-46(49)54/h10-11,20,24,31-32,36-39,43-45,52-53H,3-9,12-19,21-23,25-30,33-35H2,1-2H3,(H,55,56)(H,57,58)(H2,47,48,54)/b11-10-,24-20-/t36-,37?,38?,39-,43-,44-,45-/m1/s1. The molecule has 0 saturated carbocycles. The quantitative estimate of drug-likeness (QED) is 0.0136. The molecule has 384 valence electrons. The van der Waals surface area contributed by atoms with Crippen molar-refractivity contribution in [3.05, 3.63) is 47.1 Å². The molecule has 1 aromatic rings. The molecule has 67 heavy (non-hydrogen) atoms. The van der Waals surface area contributed by atoms with Gasteiger partial charge in [0.25, 0.3) is 0 Å². The fourth-order valence-electron chi connectivity index (χ4n) is 7.49. The van der Waals surface area contributed by atoms with Gasteiger partial charge >= 0.3 is 33.3 Å². The second-order valence-electron chi connectivity index (χ2n) is 17.3. The first-order valence-corrected chi connectivity index (χ1v) is 27.5. The molecule has 6 N–H and O–H groups in total. The van der Waals surface area contributed by atoms with Crippen molar-refractivity contribution in [1.29, 1.82) is 0 Å². The van der Waals surface area contributed by atoms with Crippen molar-refractivity contribution in [2.45, 2.75) is 211 Å². The van der Waals surface area contributed by atoms with Crippen molar-refractivity contribution >= 4 is 33.4 Å². The van der Waals surface area contributed by atoms with Crippen LogP contribution < -0.4 is 11.4 Å². The minimum Gasteiger partial charge on any atom is -0.462 e. The summed E-state index contributed by atoms with van der Waals surface area (Å²) in [6.45, 7) is 2.08. The van der Waals surface area contributed by atoms with E-state index >= 15 is 0 Å². The summed E-state index contributed by atoms with van der Waals surface area (Å²) in [5.74, 6) is -1.33. The number of phosphoric ester groups is 2. The van der Waals surface area contributed by atoms with E-state index < -0.39 is 83.7 Å². The monoisotopic (exact) mass is 991 g/mol. The van der Waals surface area contributed by atoms with Crippen molar-refractivity contribution in [3.8, 4) is 0 Å². The van der Waals surface area contributed by atoms with Crippen molar-refractivity contribution in [2.24, 2.45) is 0 Å². The number of allylic oxidation sites excluding steroid dienone is 3. The number of unbranched alkanes of at least 4 members (excludes halogenated alkanes) is 16. The number of hydrogen-bond donors (Lipinski definition) is 5. The van der Waals surface area contributed by atoms with Crippen molar-refractivity contribution < 1.29 is 71.0 Å². The molecule has 2 saturated heterocycles. The first kappa shape index (κ1) is 58.5. The molecule has 21 heteroatoms. The number of nitrogens with zero attached hydrogens (tertiary/aromatic N) is 2. The van der Waals surface area contributed by atoms with Crippen LogP contribution in [0.5, 0.6) is 0 Å². The molecule has 0 aromatic carbocycles. The average Bonchev–Trinajstić information content (AvgIpc) is 3.97. The maximum absolute atomic E-state index is 12.8. The summed E-state index contributed by atoms with van der Waals surface area (Å²) in [6, 6.07) is 1.25. The van der Waals surface area contributed by atoms with Crippen LogP contribution in [0.4, 0.5) is 5.82 Å². The molecule has 2 aliphatic heterocycles. The topological polar surface area (TPSA) is 278 Å². The third-order valence-corrected chi connectivity index (χ3v) is 14.0. The SMILES string of the molecule is CCCCCC/C=C\CCCCCCCC(=O)OC[C@H](COP(=O)(O)OP(=O)(O)OC[C@H]1O[C@@H](n2ccc(N)nc2=O)[C@H](O)[C@@H]1O)OC(=O)CCCCCCC/C=C\CC1OC1CCCCC. The maximum atomic E-state index is 12.8. The fourth-order valence-corrected chi connectivity index (χ4v) is 9.60. The third-order valence-electron chi connectivity index (χ3n) is 11.4. The van der Waals surface area contributed by atoms with E-state index in [1.807, 2.05) is 0 Å². The first-order valence-electron chi connectivity index (χ1n) is 24.5. The van der Waals surface area contributed by atoms with Gasteiger partial charge in [-0.2, -0.15) is 9.29 Å². The number of nitrogens with two attached hydrogens (primary N) is 1. The number of esters is 2. The summed E-state index contributed by atoms with van der Waals surface area (Å²) in [4.78, 5) is 61.8. The van der Waals surface area contributed by atoms with Crippen LogP contribution in [0.25, 0.3) is 0 Å². The minimum absolute atomic E-state index is 0.0288. The van der Waals surface area contributed by atoms with E-state index in [9.17, 15) is 43.5 Å². The molecular formula is C46H79N3O16P2. The Balaban J connectivity index is 1.41. The Labute approximate surface area is 396 Å². The number of nitrogen functional groups attached to an aromatic ring is 1. The van der Waals surface area contributed by atoms with Gasteiger partial charge in [-0.1, -0.05) is 115 Å². The Morgan fingerprint density at radius 3 is 1.94 bits per heavy atom. The summed E-state index contributed by atoms with van der Waals surface area (Å²) >= 11 is 0. The highest BCUT2D eigenvalue weighted by Gasteiger charge is 2.46. The molecular weight excluding hydrogens is 912 g/mol. The molecule has 3 rings (SSSR count). The second-order valence-corrected chi connectivity index (χ2v) is 20.4. The Hall–Kier alpha value is -2.80. The van der Waals surface area contributed by atoms with E-state index in [0.717, 1.165) is 94.2 Å². The van der Waals surface area contributed by atoms with E-state index in [0.29, 0.717) is 25.0 Å². The van der Waals surface area contributed by atoms with Gasteiger partial charge < -0.3 is 44.7 Å². The van der Waals surface area contributed by atoms with Gasteiger partial charge in [0.05, 0.1) is 25.4 Å². The van der Waals surface area contributed by atoms with E-state index in [2.05, 4.69) is 47.4 Å². The van der Waals surface area contributed by atoms with Crippen LogP contribution in [0.2, 0.25) is 0 Å². The van der Waals surface area contributed by atoms with Gasteiger partial charge in [-0.25, -0.2) is 13.9 Å². The van der Waals surface area contributed by atoms with Crippen LogP contribution in [0.3, 0.4) is 0 Å². The number of aromatic nitrogens is 2. The second kappa shape index (κ2) is 32.9. The summed E-state index contributed by atoms with van der Waals surface area (Å²) in [5, 5.41) is 20.9. The highest BCUT2D eigenvalue weighted by molar-refractivity contribution is 7.61. The van der Waals surface area contributed by atoms with Gasteiger partial charge in [0, 0.05) is 19.0 Å². The lowest BCUT2D eigenvalue weighted by atomic mass is 10.1. The summed E-state index contributed by atoms with van der Waals surface area (Å²) in [5.41, 5.74) is 4.58. The largest absolute Gasteiger partial charge is 0.481 e. The van der Waals surface area contributed by atoms with Crippen LogP contribution in [-0.4, -0.2) is 97.9 Å². The number of anilines is 1. The van der Waals surface area contributed by atoms with Gasteiger partial charge in [0.15, 0.2) is 12.3 Å². The number of phosphoric acid groups is 2. The Bertz CT molecular complexity index is 1780. The lowest BCUT2D eigenvalue weighted by Gasteiger charge is -2.21. The van der Waals surface area contributed by atoms with Gasteiger partial charge in [0.1, 0.15) is 30.7 Å². The number of aliphatic hydroxyl groups excluding tert-OH is 2. The van der Waals surface area contributed by atoms with E-state index in [1.165, 1.54) is 51.0 Å². The molecule has 0 radical (unpaired) electrons. The molecule has 4 unspecified atom stereocenters. The normalized spacial score (nSPS) is 22.8. The van der Waals surface area contributed by atoms with Crippen molar-refractivity contribution in [1.82, 2.24) is 9.55 Å². The zero-order chi connectivity index (χ0) is 48.9. The average molecular weight is 992 g/mol. The highest BCUT2D eigenvalue weighted by Crippen LogP contribution is 2.60. The predicted octanol–water partition coefficient (Wildman–Crippen LogP) is 8.43. The van der Waals surface area contributed by atoms with E-state index in [-0.39, 0.29) is 18.7 Å². The summed E-state index contributed by atoms with van der Waals surface area (Å²) in [6.07, 6.45) is 25.7. The number of hydrogen-bond acceptors (Lipinski definition) is 16. The number of aliphatic hydroxyl groups is 2.